The molecule has 138 valence electrons. The van der Waals surface area contributed by atoms with E-state index in [0.717, 1.165) is 38.3 Å². The van der Waals surface area contributed by atoms with Crippen LogP contribution in [0.15, 0.2) is 29.3 Å². The van der Waals surface area contributed by atoms with E-state index >= 15 is 0 Å². The van der Waals surface area contributed by atoms with Crippen LogP contribution in [0.5, 0.6) is 0 Å². The summed E-state index contributed by atoms with van der Waals surface area (Å²) in [6, 6.07) is 8.46. The van der Waals surface area contributed by atoms with Gasteiger partial charge in [0.25, 0.3) is 0 Å². The molecule has 0 aliphatic rings. The molecule has 0 aromatic heterocycles. The van der Waals surface area contributed by atoms with E-state index in [9.17, 15) is 0 Å². The summed E-state index contributed by atoms with van der Waals surface area (Å²) >= 11 is 0. The highest BCUT2D eigenvalue weighted by molar-refractivity contribution is 14.0. The Morgan fingerprint density at radius 1 is 1.08 bits per heavy atom. The summed E-state index contributed by atoms with van der Waals surface area (Å²) in [6.07, 6.45) is 3.18. The van der Waals surface area contributed by atoms with Crippen LogP contribution in [0, 0.1) is 6.92 Å². The molecule has 0 aliphatic heterocycles. The number of hydrogen-bond acceptors (Lipinski definition) is 3. The second kappa shape index (κ2) is 15.7. The zero-order valence-electron chi connectivity index (χ0n) is 14.9. The van der Waals surface area contributed by atoms with Gasteiger partial charge in [0.2, 0.25) is 0 Å². The maximum Gasteiger partial charge on any atom is 0.191 e. The number of unbranched alkanes of at least 4 members (excludes halogenated alkanes) is 1. The van der Waals surface area contributed by atoms with Crippen molar-refractivity contribution < 1.29 is 9.84 Å². The topological polar surface area (TPSA) is 65.9 Å². The number of nitrogens with zero attached hydrogens (tertiary/aromatic N) is 1. The third-order valence-corrected chi connectivity index (χ3v) is 3.36. The number of guanidine groups is 1. The number of benzene rings is 1. The zero-order valence-corrected chi connectivity index (χ0v) is 17.2. The van der Waals surface area contributed by atoms with E-state index in [0.29, 0.717) is 19.8 Å². The summed E-state index contributed by atoms with van der Waals surface area (Å²) in [6.45, 7) is 7.80. The summed E-state index contributed by atoms with van der Waals surface area (Å²) in [5.41, 5.74) is 2.47. The van der Waals surface area contributed by atoms with Gasteiger partial charge in [-0.1, -0.05) is 43.2 Å². The van der Waals surface area contributed by atoms with Gasteiger partial charge in [0.15, 0.2) is 5.96 Å². The van der Waals surface area contributed by atoms with Crippen LogP contribution in [0.4, 0.5) is 0 Å². The molecule has 1 aromatic rings. The Balaban J connectivity index is 0.00000529. The second-order valence-corrected chi connectivity index (χ2v) is 5.55. The van der Waals surface area contributed by atoms with Crippen LogP contribution < -0.4 is 10.6 Å². The summed E-state index contributed by atoms with van der Waals surface area (Å²) in [5, 5.41) is 15.4. The smallest absolute Gasteiger partial charge is 0.191 e. The van der Waals surface area contributed by atoms with Crippen molar-refractivity contribution in [3.8, 4) is 0 Å². The molecule has 0 spiro atoms. The number of rotatable bonds is 11. The van der Waals surface area contributed by atoms with Crippen LogP contribution in [0.25, 0.3) is 0 Å². The quantitative estimate of drug-likeness (QED) is 0.210. The molecule has 3 N–H and O–H groups in total. The highest BCUT2D eigenvalue weighted by Crippen LogP contribution is 2.04. The molecule has 1 rings (SSSR count). The van der Waals surface area contributed by atoms with Gasteiger partial charge in [-0.25, -0.2) is 4.99 Å². The van der Waals surface area contributed by atoms with Gasteiger partial charge in [0.1, 0.15) is 0 Å². The van der Waals surface area contributed by atoms with Gasteiger partial charge >= 0.3 is 0 Å². The maximum atomic E-state index is 8.66. The van der Waals surface area contributed by atoms with Crippen LogP contribution >= 0.6 is 24.0 Å². The molecular formula is C18H32IN3O2. The molecule has 6 heteroatoms. The number of aliphatic imine (C=N–C) groups is 1. The molecule has 0 unspecified atom stereocenters. The van der Waals surface area contributed by atoms with Crippen LogP contribution in [-0.2, 0) is 11.3 Å². The first-order valence-electron chi connectivity index (χ1n) is 8.52. The molecule has 0 heterocycles. The second-order valence-electron chi connectivity index (χ2n) is 5.55. The number of aryl methyl sites for hydroxylation is 1. The molecule has 0 radical (unpaired) electrons. The lowest BCUT2D eigenvalue weighted by molar-refractivity contribution is 0.0912. The summed E-state index contributed by atoms with van der Waals surface area (Å²) < 4.78 is 5.25. The lowest BCUT2D eigenvalue weighted by Gasteiger charge is -2.12. The van der Waals surface area contributed by atoms with Crippen molar-refractivity contribution >= 4 is 29.9 Å². The highest BCUT2D eigenvalue weighted by atomic mass is 127. The fourth-order valence-corrected chi connectivity index (χ4v) is 1.97. The van der Waals surface area contributed by atoms with Crippen molar-refractivity contribution in [2.75, 3.05) is 32.9 Å². The fraction of sp³-hybridized carbons (Fsp3) is 0.611. The zero-order chi connectivity index (χ0) is 16.8. The Morgan fingerprint density at radius 3 is 2.38 bits per heavy atom. The highest BCUT2D eigenvalue weighted by Gasteiger charge is 1.99. The number of nitrogens with one attached hydrogen (secondary N) is 2. The lowest BCUT2D eigenvalue weighted by Crippen LogP contribution is -2.38. The first-order valence-corrected chi connectivity index (χ1v) is 8.52. The van der Waals surface area contributed by atoms with Gasteiger partial charge < -0.3 is 20.5 Å². The summed E-state index contributed by atoms with van der Waals surface area (Å²) in [4.78, 5) is 4.64. The Morgan fingerprint density at radius 2 is 1.75 bits per heavy atom. The van der Waals surface area contributed by atoms with Crippen molar-refractivity contribution in [3.63, 3.8) is 0 Å². The third kappa shape index (κ3) is 11.6. The Hall–Kier alpha value is -0.860. The molecule has 0 fully saturated rings. The fourth-order valence-electron chi connectivity index (χ4n) is 1.97. The van der Waals surface area contributed by atoms with Crippen LogP contribution in [-0.4, -0.2) is 44.0 Å². The van der Waals surface area contributed by atoms with Gasteiger partial charge in [-0.3, -0.25) is 0 Å². The molecule has 1 aromatic carbocycles. The number of aliphatic hydroxyl groups is 1. The Labute approximate surface area is 163 Å². The Bertz CT molecular complexity index is 438. The van der Waals surface area contributed by atoms with E-state index in [1.807, 2.05) is 0 Å². The number of halogens is 1. The molecular weight excluding hydrogens is 417 g/mol. The minimum atomic E-state index is 0. The minimum Gasteiger partial charge on any atom is -0.394 e. The lowest BCUT2D eigenvalue weighted by atomic mass is 10.1. The normalized spacial score (nSPS) is 11.0. The predicted molar refractivity (Wildman–Crippen MR) is 111 cm³/mol. The van der Waals surface area contributed by atoms with Crippen molar-refractivity contribution in [1.29, 1.82) is 0 Å². The van der Waals surface area contributed by atoms with E-state index < -0.39 is 0 Å². The largest absolute Gasteiger partial charge is 0.394 e. The minimum absolute atomic E-state index is 0. The molecule has 5 nitrogen and oxygen atoms in total. The molecule has 0 saturated carbocycles. The van der Waals surface area contributed by atoms with Crippen molar-refractivity contribution in [3.05, 3.63) is 35.4 Å². The molecule has 0 saturated heterocycles. The average molecular weight is 449 g/mol. The van der Waals surface area contributed by atoms with Gasteiger partial charge in [-0.15, -0.1) is 24.0 Å². The number of aliphatic hydroxyl groups excluding tert-OH is 1. The number of hydrogen-bond donors (Lipinski definition) is 3. The maximum absolute atomic E-state index is 8.66. The van der Waals surface area contributed by atoms with Crippen molar-refractivity contribution in [1.82, 2.24) is 10.6 Å². The van der Waals surface area contributed by atoms with E-state index in [2.05, 4.69) is 53.7 Å². The SMILES string of the molecule is CCCCNC(=NCc1ccc(C)cc1)NCCCOCCO.I. The summed E-state index contributed by atoms with van der Waals surface area (Å²) in [5.74, 6) is 0.848. The summed E-state index contributed by atoms with van der Waals surface area (Å²) in [7, 11) is 0. The molecule has 24 heavy (non-hydrogen) atoms. The van der Waals surface area contributed by atoms with Gasteiger partial charge in [-0.2, -0.15) is 0 Å². The molecule has 0 bridgehead atoms. The van der Waals surface area contributed by atoms with Gasteiger partial charge in [0.05, 0.1) is 19.8 Å². The van der Waals surface area contributed by atoms with Crippen LogP contribution in [0.1, 0.15) is 37.3 Å². The first kappa shape index (κ1) is 23.1. The predicted octanol–water partition coefficient (Wildman–Crippen LogP) is 2.85. The van der Waals surface area contributed by atoms with Crippen LogP contribution in [0.3, 0.4) is 0 Å². The average Bonchev–Trinajstić information content (AvgIpc) is 2.56. The van der Waals surface area contributed by atoms with Crippen molar-refractivity contribution in [2.45, 2.75) is 39.7 Å². The van der Waals surface area contributed by atoms with Gasteiger partial charge in [-0.05, 0) is 25.3 Å². The van der Waals surface area contributed by atoms with Crippen LogP contribution in [0.2, 0.25) is 0 Å². The standard InChI is InChI=1S/C18H31N3O2.HI/c1-3-4-10-19-18(20-11-5-13-23-14-12-22)21-15-17-8-6-16(2)7-9-17;/h6-9,22H,3-5,10-15H2,1-2H3,(H2,19,20,21);1H. The third-order valence-electron chi connectivity index (χ3n) is 3.36. The number of ether oxygens (including phenoxy) is 1. The van der Waals surface area contributed by atoms with Crippen molar-refractivity contribution in [2.24, 2.45) is 4.99 Å². The van der Waals surface area contributed by atoms with E-state index in [1.54, 1.807) is 0 Å². The van der Waals surface area contributed by atoms with Gasteiger partial charge in [0, 0.05) is 19.7 Å². The van der Waals surface area contributed by atoms with E-state index in [1.165, 1.54) is 11.1 Å². The monoisotopic (exact) mass is 449 g/mol. The molecule has 0 atom stereocenters. The van der Waals surface area contributed by atoms with E-state index in [4.69, 9.17) is 9.84 Å². The first-order chi connectivity index (χ1) is 11.3. The Kier molecular flexibility index (Phi) is 15.1. The molecule has 0 aliphatic carbocycles. The van der Waals surface area contributed by atoms with E-state index in [-0.39, 0.29) is 30.6 Å². The molecule has 0 amide bonds.